The molecular weight excluding hydrogens is 380 g/mol. The van der Waals surface area contributed by atoms with Crippen LogP contribution in [0.1, 0.15) is 27.0 Å². The summed E-state index contributed by atoms with van der Waals surface area (Å²) in [5, 5.41) is 12.8. The Morgan fingerprint density at radius 3 is 2.35 bits per heavy atom. The standard InChI is InChI=1S/C28H20N2O/c29-20-28(19-21-14-15-22-8-4-5-12-25(22)18-21)26-13-7-6-9-23(26)16-17-30(28)27(31)24-10-2-1-3-11-24/h1-18H,19H2. The van der Waals surface area contributed by atoms with Crippen molar-refractivity contribution in [1.29, 1.82) is 5.26 Å². The first-order valence-electron chi connectivity index (χ1n) is 10.3. The van der Waals surface area contributed by atoms with E-state index in [1.54, 1.807) is 23.2 Å². The van der Waals surface area contributed by atoms with E-state index in [-0.39, 0.29) is 5.91 Å². The molecular formula is C28H20N2O. The molecule has 1 unspecified atom stereocenters. The van der Waals surface area contributed by atoms with Crippen molar-refractivity contribution >= 4 is 22.8 Å². The molecule has 4 aromatic rings. The van der Waals surface area contributed by atoms with Gasteiger partial charge in [-0.05, 0) is 45.7 Å². The van der Waals surface area contributed by atoms with Gasteiger partial charge in [-0.1, -0.05) is 84.9 Å². The maximum atomic E-state index is 13.5. The van der Waals surface area contributed by atoms with Crippen LogP contribution < -0.4 is 0 Å². The lowest BCUT2D eigenvalue weighted by Gasteiger charge is -2.40. The zero-order valence-electron chi connectivity index (χ0n) is 16.9. The molecule has 148 valence electrons. The van der Waals surface area contributed by atoms with E-state index in [2.05, 4.69) is 30.3 Å². The fourth-order valence-electron chi connectivity index (χ4n) is 4.37. The van der Waals surface area contributed by atoms with E-state index in [0.29, 0.717) is 12.0 Å². The van der Waals surface area contributed by atoms with Gasteiger partial charge in [0.2, 0.25) is 0 Å². The van der Waals surface area contributed by atoms with Gasteiger partial charge < -0.3 is 0 Å². The first-order chi connectivity index (χ1) is 15.2. The Labute approximate surface area is 181 Å². The second-order valence-corrected chi connectivity index (χ2v) is 7.77. The normalized spacial score (nSPS) is 17.2. The zero-order valence-corrected chi connectivity index (χ0v) is 16.9. The van der Waals surface area contributed by atoms with Gasteiger partial charge in [-0.15, -0.1) is 0 Å². The molecule has 0 aliphatic carbocycles. The molecule has 1 atom stereocenters. The average molecular weight is 400 g/mol. The molecule has 0 fully saturated rings. The highest BCUT2D eigenvalue weighted by molar-refractivity contribution is 5.97. The number of amides is 1. The van der Waals surface area contributed by atoms with Crippen molar-refractivity contribution in [3.63, 3.8) is 0 Å². The van der Waals surface area contributed by atoms with Gasteiger partial charge in [-0.2, -0.15) is 5.26 Å². The number of hydrogen-bond acceptors (Lipinski definition) is 2. The first kappa shape index (κ1) is 18.8. The molecule has 4 aromatic carbocycles. The second-order valence-electron chi connectivity index (χ2n) is 7.77. The van der Waals surface area contributed by atoms with E-state index >= 15 is 0 Å². The molecule has 1 aliphatic rings. The summed E-state index contributed by atoms with van der Waals surface area (Å²) < 4.78 is 0. The fourth-order valence-corrected chi connectivity index (χ4v) is 4.37. The number of nitriles is 1. The largest absolute Gasteiger partial charge is 0.291 e. The van der Waals surface area contributed by atoms with Crippen molar-refractivity contribution in [2.75, 3.05) is 0 Å². The number of hydrogen-bond donors (Lipinski definition) is 0. The minimum Gasteiger partial charge on any atom is -0.291 e. The fraction of sp³-hybridized carbons (Fsp3) is 0.0714. The maximum absolute atomic E-state index is 13.5. The van der Waals surface area contributed by atoms with Crippen LogP contribution >= 0.6 is 0 Å². The Hall–Kier alpha value is -4.16. The van der Waals surface area contributed by atoms with Gasteiger partial charge in [-0.3, -0.25) is 9.69 Å². The lowest BCUT2D eigenvalue weighted by Crippen LogP contribution is -2.49. The maximum Gasteiger partial charge on any atom is 0.259 e. The van der Waals surface area contributed by atoms with Gasteiger partial charge in [0, 0.05) is 18.2 Å². The van der Waals surface area contributed by atoms with Crippen LogP contribution in [0.25, 0.3) is 16.8 Å². The molecule has 0 aromatic heterocycles. The molecule has 0 saturated heterocycles. The van der Waals surface area contributed by atoms with Crippen molar-refractivity contribution < 1.29 is 4.79 Å². The summed E-state index contributed by atoms with van der Waals surface area (Å²) in [6, 6.07) is 33.9. The van der Waals surface area contributed by atoms with E-state index < -0.39 is 5.54 Å². The van der Waals surface area contributed by atoms with Crippen LogP contribution in [-0.4, -0.2) is 10.8 Å². The van der Waals surface area contributed by atoms with Crippen molar-refractivity contribution in [3.05, 3.63) is 126 Å². The number of carbonyl (C=O) groups excluding carboxylic acids is 1. The summed E-state index contributed by atoms with van der Waals surface area (Å²) in [5.41, 5.74) is 2.24. The molecule has 1 amide bonds. The van der Waals surface area contributed by atoms with Crippen LogP contribution in [0.5, 0.6) is 0 Å². The Kier molecular flexibility index (Phi) is 4.61. The summed E-state index contributed by atoms with van der Waals surface area (Å²) in [7, 11) is 0. The van der Waals surface area contributed by atoms with Gasteiger partial charge in [0.25, 0.3) is 5.91 Å². The molecule has 0 spiro atoms. The third-order valence-electron chi connectivity index (χ3n) is 5.92. The van der Waals surface area contributed by atoms with Crippen LogP contribution in [0.15, 0.2) is 103 Å². The van der Waals surface area contributed by atoms with Crippen molar-refractivity contribution in [3.8, 4) is 6.07 Å². The van der Waals surface area contributed by atoms with Gasteiger partial charge in [0.05, 0.1) is 6.07 Å². The van der Waals surface area contributed by atoms with E-state index in [0.717, 1.165) is 27.5 Å². The van der Waals surface area contributed by atoms with E-state index in [1.165, 1.54) is 0 Å². The van der Waals surface area contributed by atoms with E-state index in [4.69, 9.17) is 0 Å². The minimum absolute atomic E-state index is 0.186. The Morgan fingerprint density at radius 2 is 1.55 bits per heavy atom. The van der Waals surface area contributed by atoms with Gasteiger partial charge in [0.1, 0.15) is 0 Å². The van der Waals surface area contributed by atoms with Gasteiger partial charge >= 0.3 is 0 Å². The highest BCUT2D eigenvalue weighted by Gasteiger charge is 2.44. The van der Waals surface area contributed by atoms with E-state index in [1.807, 2.05) is 66.7 Å². The molecule has 0 bridgehead atoms. The molecule has 0 saturated carbocycles. The van der Waals surface area contributed by atoms with Crippen LogP contribution in [0.3, 0.4) is 0 Å². The topological polar surface area (TPSA) is 44.1 Å². The van der Waals surface area contributed by atoms with Crippen LogP contribution in [0, 0.1) is 11.3 Å². The zero-order chi connectivity index (χ0) is 21.3. The molecule has 3 heteroatoms. The van der Waals surface area contributed by atoms with Crippen molar-refractivity contribution in [2.24, 2.45) is 0 Å². The SMILES string of the molecule is N#CC1(Cc2ccc3ccccc3c2)c2ccccc2C=CN1C(=O)c1ccccc1. The van der Waals surface area contributed by atoms with E-state index in [9.17, 15) is 10.1 Å². The van der Waals surface area contributed by atoms with Gasteiger partial charge in [0.15, 0.2) is 5.54 Å². The van der Waals surface area contributed by atoms with Crippen LogP contribution in [0.4, 0.5) is 0 Å². The lowest BCUT2D eigenvalue weighted by atomic mass is 9.78. The number of carbonyl (C=O) groups is 1. The highest BCUT2D eigenvalue weighted by atomic mass is 16.2. The molecule has 0 radical (unpaired) electrons. The minimum atomic E-state index is -1.14. The Bertz CT molecular complexity index is 1350. The number of fused-ring (bicyclic) bond motifs is 2. The monoisotopic (exact) mass is 400 g/mol. The molecule has 1 aliphatic heterocycles. The average Bonchev–Trinajstić information content (AvgIpc) is 2.84. The van der Waals surface area contributed by atoms with Crippen LogP contribution in [0.2, 0.25) is 0 Å². The summed E-state index contributed by atoms with van der Waals surface area (Å²) in [5.74, 6) is -0.186. The van der Waals surface area contributed by atoms with Gasteiger partial charge in [-0.25, -0.2) is 0 Å². The third-order valence-corrected chi connectivity index (χ3v) is 5.92. The number of nitrogens with zero attached hydrogens (tertiary/aromatic N) is 2. The lowest BCUT2D eigenvalue weighted by molar-refractivity contribution is 0.0697. The Balaban J connectivity index is 1.66. The van der Waals surface area contributed by atoms with Crippen molar-refractivity contribution in [1.82, 2.24) is 4.90 Å². The number of benzene rings is 4. The molecule has 5 rings (SSSR count). The predicted octanol–water partition coefficient (Wildman–Crippen LogP) is 5.93. The summed E-state index contributed by atoms with van der Waals surface area (Å²) in [6.45, 7) is 0. The molecule has 31 heavy (non-hydrogen) atoms. The molecule has 0 N–H and O–H groups in total. The highest BCUT2D eigenvalue weighted by Crippen LogP contribution is 2.40. The smallest absolute Gasteiger partial charge is 0.259 e. The Morgan fingerprint density at radius 1 is 0.839 bits per heavy atom. The predicted molar refractivity (Wildman–Crippen MR) is 123 cm³/mol. The third kappa shape index (κ3) is 3.19. The molecule has 3 nitrogen and oxygen atoms in total. The second kappa shape index (κ2) is 7.59. The molecule has 1 heterocycles. The first-order valence-corrected chi connectivity index (χ1v) is 10.3. The summed E-state index contributed by atoms with van der Waals surface area (Å²) in [6.07, 6.45) is 4.06. The summed E-state index contributed by atoms with van der Waals surface area (Å²) in [4.78, 5) is 15.1. The number of rotatable bonds is 3. The summed E-state index contributed by atoms with van der Waals surface area (Å²) >= 11 is 0. The quantitative estimate of drug-likeness (QED) is 0.428. The van der Waals surface area contributed by atoms with Crippen LogP contribution in [-0.2, 0) is 12.0 Å². The van der Waals surface area contributed by atoms with Crippen molar-refractivity contribution in [2.45, 2.75) is 12.0 Å².